The second-order valence-electron chi connectivity index (χ2n) is 4.58. The molecule has 0 bridgehead atoms. The van der Waals surface area contributed by atoms with E-state index in [-0.39, 0.29) is 12.1 Å². The number of halogens is 1. The van der Waals surface area contributed by atoms with Crippen molar-refractivity contribution in [3.8, 4) is 0 Å². The van der Waals surface area contributed by atoms with E-state index in [1.165, 1.54) is 11.3 Å². The van der Waals surface area contributed by atoms with Gasteiger partial charge in [-0.15, -0.1) is 11.3 Å². The predicted molar refractivity (Wildman–Crippen MR) is 67.7 cm³/mol. The summed E-state index contributed by atoms with van der Waals surface area (Å²) in [4.78, 5) is 0. The number of hydrogen-bond donors (Lipinski definition) is 0. The third kappa shape index (κ3) is 2.03. The van der Waals surface area contributed by atoms with Gasteiger partial charge in [-0.1, -0.05) is 6.04 Å². The molecule has 0 N–H and O–H groups in total. The van der Waals surface area contributed by atoms with E-state index in [9.17, 15) is 0 Å². The fraction of sp³-hybridized carbons (Fsp3) is 0.600. The smallest absolute Gasteiger partial charge is 0.399 e. The highest BCUT2D eigenvalue weighted by molar-refractivity contribution is 9.11. The van der Waals surface area contributed by atoms with Gasteiger partial charge in [0, 0.05) is 4.78 Å². The van der Waals surface area contributed by atoms with Gasteiger partial charge in [0.2, 0.25) is 0 Å². The lowest BCUT2D eigenvalue weighted by Gasteiger charge is -2.32. The lowest BCUT2D eigenvalue weighted by Crippen LogP contribution is -2.41. The van der Waals surface area contributed by atoms with Gasteiger partial charge < -0.3 is 9.31 Å². The van der Waals surface area contributed by atoms with Gasteiger partial charge in [0.25, 0.3) is 0 Å². The second kappa shape index (κ2) is 3.59. The van der Waals surface area contributed by atoms with E-state index < -0.39 is 18.3 Å². The summed E-state index contributed by atoms with van der Waals surface area (Å²) in [6, 6.07) is 0.375. The quantitative estimate of drug-likeness (QED) is 0.741. The summed E-state index contributed by atoms with van der Waals surface area (Å²) in [7, 11) is -0.548. The van der Waals surface area contributed by atoms with Crippen LogP contribution < -0.4 is 4.78 Å². The van der Waals surface area contributed by atoms with Crippen LogP contribution in [0.25, 0.3) is 0 Å². The highest BCUT2D eigenvalue weighted by Gasteiger charge is 2.52. The van der Waals surface area contributed by atoms with Gasteiger partial charge in [0.05, 0.1) is 17.7 Å². The molecule has 1 aliphatic rings. The molecule has 0 atom stereocenters. The molecule has 1 aromatic heterocycles. The molecule has 0 aliphatic carbocycles. The summed E-state index contributed by atoms with van der Waals surface area (Å²) >= 11 is 4.60. The first-order valence-corrected chi connectivity index (χ1v) is 6.38. The van der Waals surface area contributed by atoms with Crippen LogP contribution in [-0.2, 0) is 9.31 Å². The van der Waals surface area contributed by atoms with E-state index in [2.05, 4.69) is 15.9 Å². The first-order chi connectivity index (χ1) is 7.66. The van der Waals surface area contributed by atoms with Crippen LogP contribution in [0.3, 0.4) is 0 Å². The maximum absolute atomic E-state index is 7.87. The molecule has 82 valence electrons. The number of rotatable bonds is 1. The van der Waals surface area contributed by atoms with Crippen molar-refractivity contribution >= 4 is 39.2 Å². The van der Waals surface area contributed by atoms with Crippen LogP contribution in [0.15, 0.2) is 15.9 Å². The molecule has 0 amide bonds. The van der Waals surface area contributed by atoms with Gasteiger partial charge in [0.1, 0.15) is 0 Å². The molecule has 0 unspecified atom stereocenters. The van der Waals surface area contributed by atoms with Crippen molar-refractivity contribution in [2.24, 2.45) is 0 Å². The summed E-state index contributed by atoms with van der Waals surface area (Å²) < 4.78 is 28.6. The van der Waals surface area contributed by atoms with Gasteiger partial charge >= 0.3 is 7.12 Å². The Bertz CT molecular complexity index is 445. The minimum absolute atomic E-state index is 0.181. The topological polar surface area (TPSA) is 18.5 Å². The molecule has 5 heteroatoms. The van der Waals surface area contributed by atoms with E-state index in [1.807, 2.05) is 27.7 Å². The van der Waals surface area contributed by atoms with Gasteiger partial charge in [-0.05, 0) is 49.7 Å². The average Bonchev–Trinajstić information content (AvgIpc) is 2.55. The van der Waals surface area contributed by atoms with Crippen LogP contribution in [0.1, 0.15) is 30.4 Å². The number of hydrogen-bond acceptors (Lipinski definition) is 3. The minimum Gasteiger partial charge on any atom is -0.399 e. The van der Waals surface area contributed by atoms with Crippen molar-refractivity contribution in [3.05, 3.63) is 15.9 Å². The SMILES string of the molecule is [2H]c1c(Br)sc(B2OC(C)(C)C(C)(C)O2)c1[2H]. The van der Waals surface area contributed by atoms with E-state index in [1.54, 1.807) is 0 Å². The highest BCUT2D eigenvalue weighted by atomic mass is 79.9. The molecule has 0 saturated carbocycles. The molecular formula is C10H14BBrO2S. The van der Waals surface area contributed by atoms with E-state index >= 15 is 0 Å². The summed E-state index contributed by atoms with van der Waals surface area (Å²) in [5.41, 5.74) is -0.828. The molecule has 1 saturated heterocycles. The molecule has 15 heavy (non-hydrogen) atoms. The monoisotopic (exact) mass is 290 g/mol. The molecule has 2 rings (SSSR count). The maximum Gasteiger partial charge on any atom is 0.505 e. The summed E-state index contributed by atoms with van der Waals surface area (Å²) in [5.74, 6) is 0. The Hall–Kier alpha value is 0.165. The molecular weight excluding hydrogens is 275 g/mol. The molecule has 0 aromatic carbocycles. The highest BCUT2D eigenvalue weighted by Crippen LogP contribution is 2.37. The fourth-order valence-corrected chi connectivity index (χ4v) is 2.53. The van der Waals surface area contributed by atoms with Gasteiger partial charge in [-0.2, -0.15) is 0 Å². The molecule has 1 fully saturated rings. The van der Waals surface area contributed by atoms with Gasteiger partial charge in [0.15, 0.2) is 0 Å². The van der Waals surface area contributed by atoms with Crippen LogP contribution in [0, 0.1) is 0 Å². The van der Waals surface area contributed by atoms with Crippen LogP contribution in [-0.4, -0.2) is 18.3 Å². The second-order valence-corrected chi connectivity index (χ2v) is 6.95. The Morgan fingerprint density at radius 3 is 2.20 bits per heavy atom. The number of thiophene rings is 1. The first-order valence-electron chi connectivity index (χ1n) is 5.77. The largest absolute Gasteiger partial charge is 0.505 e. The molecule has 1 aromatic rings. The first kappa shape index (κ1) is 9.22. The van der Waals surface area contributed by atoms with Crippen molar-refractivity contribution in [1.82, 2.24) is 0 Å². The average molecular weight is 291 g/mol. The standard InChI is InChI=1S/C10H14BBrO2S/c1-9(2)10(3,4)14-11(13-9)7-5-6-8(12)15-7/h5-6H,1-4H3/i5D,6D. The van der Waals surface area contributed by atoms with Crippen molar-refractivity contribution in [2.75, 3.05) is 0 Å². The van der Waals surface area contributed by atoms with Crippen molar-refractivity contribution in [1.29, 1.82) is 0 Å². The molecule has 2 nitrogen and oxygen atoms in total. The van der Waals surface area contributed by atoms with E-state index in [0.29, 0.717) is 8.56 Å². The summed E-state index contributed by atoms with van der Waals surface area (Å²) in [6.45, 7) is 7.89. The van der Waals surface area contributed by atoms with Crippen LogP contribution in [0.5, 0.6) is 0 Å². The predicted octanol–water partition coefficient (Wildman–Crippen LogP) is 2.81. The van der Waals surface area contributed by atoms with Crippen molar-refractivity contribution in [2.45, 2.75) is 38.9 Å². The Kier molecular flexibility index (Phi) is 2.20. The zero-order chi connectivity index (χ0) is 13.0. The molecule has 2 heterocycles. The van der Waals surface area contributed by atoms with Crippen molar-refractivity contribution in [3.63, 3.8) is 0 Å². The lowest BCUT2D eigenvalue weighted by atomic mass is 9.88. The Labute approximate surface area is 106 Å². The normalized spacial score (nSPS) is 25.3. The van der Waals surface area contributed by atoms with Crippen LogP contribution in [0.2, 0.25) is 0 Å². The third-order valence-electron chi connectivity index (χ3n) is 2.95. The summed E-state index contributed by atoms with van der Waals surface area (Å²) in [6.07, 6.45) is 0. The van der Waals surface area contributed by atoms with Crippen LogP contribution >= 0.6 is 27.3 Å². The maximum atomic E-state index is 7.87. The Morgan fingerprint density at radius 1 is 1.27 bits per heavy atom. The van der Waals surface area contributed by atoms with E-state index in [0.717, 1.165) is 0 Å². The zero-order valence-corrected chi connectivity index (χ0v) is 11.6. The summed E-state index contributed by atoms with van der Waals surface area (Å²) in [5, 5.41) is 0. The third-order valence-corrected chi connectivity index (χ3v) is 4.43. The Morgan fingerprint density at radius 2 is 1.80 bits per heavy atom. The molecule has 0 spiro atoms. The van der Waals surface area contributed by atoms with Gasteiger partial charge in [-0.25, -0.2) is 0 Å². The van der Waals surface area contributed by atoms with Crippen molar-refractivity contribution < 1.29 is 12.1 Å². The lowest BCUT2D eigenvalue weighted by molar-refractivity contribution is 0.00578. The molecule has 1 aliphatic heterocycles. The fourth-order valence-electron chi connectivity index (χ4n) is 1.32. The van der Waals surface area contributed by atoms with Gasteiger partial charge in [-0.3, -0.25) is 0 Å². The Balaban J connectivity index is 2.35. The molecule has 0 radical (unpaired) electrons. The van der Waals surface area contributed by atoms with E-state index in [4.69, 9.17) is 12.1 Å². The zero-order valence-electron chi connectivity index (χ0n) is 11.2. The minimum atomic E-state index is -0.548. The van der Waals surface area contributed by atoms with Crippen LogP contribution in [0.4, 0.5) is 0 Å².